The van der Waals surface area contributed by atoms with Crippen molar-refractivity contribution in [2.45, 2.75) is 26.7 Å². The van der Waals surface area contributed by atoms with Crippen LogP contribution in [0.1, 0.15) is 24.1 Å². The highest BCUT2D eigenvalue weighted by atomic mass is 16.2. The summed E-state index contributed by atoms with van der Waals surface area (Å²) < 4.78 is 0. The molecule has 0 radical (unpaired) electrons. The van der Waals surface area contributed by atoms with Crippen LogP contribution in [0.5, 0.6) is 0 Å². The predicted octanol–water partition coefficient (Wildman–Crippen LogP) is 2.98. The van der Waals surface area contributed by atoms with Gasteiger partial charge in [0.15, 0.2) is 0 Å². The van der Waals surface area contributed by atoms with Crippen LogP contribution in [0.2, 0.25) is 0 Å². The van der Waals surface area contributed by atoms with Crippen LogP contribution in [-0.2, 0) is 4.79 Å². The lowest BCUT2D eigenvalue weighted by Crippen LogP contribution is -2.43. The Bertz CT molecular complexity index is 766. The second-order valence-electron chi connectivity index (χ2n) is 6.57. The molecule has 0 saturated carbocycles. The first-order valence-corrected chi connectivity index (χ1v) is 8.74. The van der Waals surface area contributed by atoms with Gasteiger partial charge in [0.2, 0.25) is 5.91 Å². The van der Waals surface area contributed by atoms with E-state index in [-0.39, 0.29) is 17.9 Å². The lowest BCUT2D eigenvalue weighted by atomic mass is 9.96. The van der Waals surface area contributed by atoms with E-state index in [1.807, 2.05) is 32.0 Å². The average molecular weight is 353 g/mol. The first-order valence-electron chi connectivity index (χ1n) is 8.74. The minimum atomic E-state index is -0.175. The molecule has 0 spiro atoms. The van der Waals surface area contributed by atoms with Gasteiger partial charge in [0, 0.05) is 30.9 Å². The summed E-state index contributed by atoms with van der Waals surface area (Å²) in [4.78, 5) is 34.9. The number of amides is 3. The summed E-state index contributed by atoms with van der Waals surface area (Å²) in [6, 6.07) is 9.02. The number of carbonyl (C=O) groups excluding carboxylic acids is 2. The standard InChI is InChI=1S/C19H23N5O2/c1-13-11-14(2)21-17(12-13)23-19(26)24-9-6-15(7-10-24)18(25)22-16-5-3-4-8-20-16/h3-5,8,11-12,15H,6-7,9-10H2,1-2H3,(H,20,22,25)(H,21,23,26). The molecule has 26 heavy (non-hydrogen) atoms. The molecule has 1 fully saturated rings. The van der Waals surface area contributed by atoms with Gasteiger partial charge >= 0.3 is 6.03 Å². The summed E-state index contributed by atoms with van der Waals surface area (Å²) in [6.07, 6.45) is 2.91. The van der Waals surface area contributed by atoms with E-state index in [4.69, 9.17) is 0 Å². The number of aromatic nitrogens is 2. The molecule has 0 bridgehead atoms. The van der Waals surface area contributed by atoms with Crippen LogP contribution in [0.15, 0.2) is 36.5 Å². The Morgan fingerprint density at radius 3 is 2.50 bits per heavy atom. The highest BCUT2D eigenvalue weighted by molar-refractivity contribution is 5.92. The quantitative estimate of drug-likeness (QED) is 0.888. The van der Waals surface area contributed by atoms with Gasteiger partial charge in [0.05, 0.1) is 0 Å². The van der Waals surface area contributed by atoms with Crippen molar-refractivity contribution >= 4 is 23.6 Å². The monoisotopic (exact) mass is 353 g/mol. The molecular formula is C19H23N5O2. The lowest BCUT2D eigenvalue weighted by Gasteiger charge is -2.31. The van der Waals surface area contributed by atoms with Gasteiger partial charge in [-0.05, 0) is 56.5 Å². The van der Waals surface area contributed by atoms with Crippen molar-refractivity contribution in [1.82, 2.24) is 14.9 Å². The minimum Gasteiger partial charge on any atom is -0.324 e. The number of rotatable bonds is 3. The van der Waals surface area contributed by atoms with E-state index in [2.05, 4.69) is 20.6 Å². The van der Waals surface area contributed by atoms with Gasteiger partial charge in [-0.15, -0.1) is 0 Å². The Morgan fingerprint density at radius 1 is 1.08 bits per heavy atom. The van der Waals surface area contributed by atoms with E-state index in [9.17, 15) is 9.59 Å². The van der Waals surface area contributed by atoms with Crippen LogP contribution in [0, 0.1) is 19.8 Å². The molecule has 1 saturated heterocycles. The third-order valence-corrected chi connectivity index (χ3v) is 4.40. The Hall–Kier alpha value is -2.96. The fraction of sp³-hybridized carbons (Fsp3) is 0.368. The summed E-state index contributed by atoms with van der Waals surface area (Å²) >= 11 is 0. The summed E-state index contributed by atoms with van der Waals surface area (Å²) in [5.74, 6) is 0.959. The Labute approximate surface area is 152 Å². The van der Waals surface area contributed by atoms with Gasteiger partial charge in [0.1, 0.15) is 11.6 Å². The second-order valence-corrected chi connectivity index (χ2v) is 6.57. The maximum absolute atomic E-state index is 12.4. The molecule has 1 aliphatic heterocycles. The number of piperidine rings is 1. The van der Waals surface area contributed by atoms with Crippen LogP contribution in [0.4, 0.5) is 16.4 Å². The molecule has 2 aromatic rings. The molecule has 136 valence electrons. The van der Waals surface area contributed by atoms with Crippen LogP contribution in [-0.4, -0.2) is 39.9 Å². The highest BCUT2D eigenvalue weighted by Gasteiger charge is 2.27. The van der Waals surface area contributed by atoms with Crippen molar-refractivity contribution in [2.24, 2.45) is 5.92 Å². The molecular weight excluding hydrogens is 330 g/mol. The molecule has 0 aromatic carbocycles. The van der Waals surface area contributed by atoms with E-state index < -0.39 is 0 Å². The maximum atomic E-state index is 12.4. The number of nitrogens with zero attached hydrogens (tertiary/aromatic N) is 3. The largest absolute Gasteiger partial charge is 0.324 e. The molecule has 0 atom stereocenters. The SMILES string of the molecule is Cc1cc(C)nc(NC(=O)N2CCC(C(=O)Nc3ccccn3)CC2)c1. The second kappa shape index (κ2) is 7.95. The average Bonchev–Trinajstić information content (AvgIpc) is 2.62. The smallest absolute Gasteiger partial charge is 0.323 e. The highest BCUT2D eigenvalue weighted by Crippen LogP contribution is 2.20. The number of urea groups is 1. The number of nitrogens with one attached hydrogen (secondary N) is 2. The molecule has 7 heteroatoms. The number of carbonyl (C=O) groups is 2. The third kappa shape index (κ3) is 4.56. The van der Waals surface area contributed by atoms with Gasteiger partial charge < -0.3 is 10.2 Å². The normalized spacial score (nSPS) is 14.8. The minimum absolute atomic E-state index is 0.0419. The first-order chi connectivity index (χ1) is 12.5. The summed E-state index contributed by atoms with van der Waals surface area (Å²) in [7, 11) is 0. The molecule has 2 N–H and O–H groups in total. The number of pyridine rings is 2. The fourth-order valence-electron chi connectivity index (χ4n) is 3.10. The molecule has 7 nitrogen and oxygen atoms in total. The van der Waals surface area contributed by atoms with Gasteiger partial charge in [-0.1, -0.05) is 6.07 Å². The molecule has 3 rings (SSSR count). The molecule has 3 heterocycles. The number of likely N-dealkylation sites (tertiary alicyclic amines) is 1. The molecule has 3 amide bonds. The van der Waals surface area contributed by atoms with Gasteiger partial charge in [-0.2, -0.15) is 0 Å². The zero-order valence-electron chi connectivity index (χ0n) is 15.0. The van der Waals surface area contributed by atoms with Crippen LogP contribution < -0.4 is 10.6 Å². The number of aryl methyl sites for hydroxylation is 2. The van der Waals surface area contributed by atoms with E-state index in [1.165, 1.54) is 0 Å². The van der Waals surface area contributed by atoms with Crippen molar-refractivity contribution in [2.75, 3.05) is 23.7 Å². The Morgan fingerprint density at radius 2 is 1.85 bits per heavy atom. The topological polar surface area (TPSA) is 87.2 Å². The van der Waals surface area contributed by atoms with Crippen molar-refractivity contribution in [3.63, 3.8) is 0 Å². The predicted molar refractivity (Wildman–Crippen MR) is 99.9 cm³/mol. The first kappa shape index (κ1) is 17.8. The zero-order chi connectivity index (χ0) is 18.5. The van der Waals surface area contributed by atoms with Gasteiger partial charge in [-0.3, -0.25) is 10.1 Å². The van der Waals surface area contributed by atoms with Crippen LogP contribution in [0.3, 0.4) is 0 Å². The lowest BCUT2D eigenvalue weighted by molar-refractivity contribution is -0.121. The third-order valence-electron chi connectivity index (χ3n) is 4.40. The molecule has 0 unspecified atom stereocenters. The van der Waals surface area contributed by atoms with E-state index >= 15 is 0 Å². The van der Waals surface area contributed by atoms with E-state index in [1.54, 1.807) is 23.2 Å². The summed E-state index contributed by atoms with van der Waals surface area (Å²) in [5, 5.41) is 5.67. The van der Waals surface area contributed by atoms with Crippen molar-refractivity contribution in [1.29, 1.82) is 0 Å². The van der Waals surface area contributed by atoms with Crippen LogP contribution >= 0.6 is 0 Å². The van der Waals surface area contributed by atoms with Crippen LogP contribution in [0.25, 0.3) is 0 Å². The van der Waals surface area contributed by atoms with Gasteiger partial charge in [0.25, 0.3) is 0 Å². The molecule has 2 aromatic heterocycles. The van der Waals surface area contributed by atoms with Crippen molar-refractivity contribution < 1.29 is 9.59 Å². The number of hydrogen-bond acceptors (Lipinski definition) is 4. The van der Waals surface area contributed by atoms with Gasteiger partial charge in [-0.25, -0.2) is 14.8 Å². The fourth-order valence-corrected chi connectivity index (χ4v) is 3.10. The number of hydrogen-bond donors (Lipinski definition) is 2. The summed E-state index contributed by atoms with van der Waals surface area (Å²) in [5.41, 5.74) is 1.92. The zero-order valence-corrected chi connectivity index (χ0v) is 15.0. The molecule has 0 aliphatic carbocycles. The number of anilines is 2. The van der Waals surface area contributed by atoms with Crippen molar-refractivity contribution in [3.05, 3.63) is 47.8 Å². The Balaban J connectivity index is 1.51. The molecule has 1 aliphatic rings. The maximum Gasteiger partial charge on any atom is 0.323 e. The van der Waals surface area contributed by atoms with E-state index in [0.29, 0.717) is 37.6 Å². The summed E-state index contributed by atoms with van der Waals surface area (Å²) in [6.45, 7) is 4.94. The van der Waals surface area contributed by atoms with E-state index in [0.717, 1.165) is 11.3 Å². The Kier molecular flexibility index (Phi) is 5.46. The van der Waals surface area contributed by atoms with Crippen molar-refractivity contribution in [3.8, 4) is 0 Å².